The van der Waals surface area contributed by atoms with Crippen molar-refractivity contribution in [2.75, 3.05) is 5.75 Å². The summed E-state index contributed by atoms with van der Waals surface area (Å²) < 4.78 is 26.2. The maximum absolute atomic E-state index is 13.4. The van der Waals surface area contributed by atoms with E-state index in [4.69, 9.17) is 0 Å². The van der Waals surface area contributed by atoms with E-state index in [-0.39, 0.29) is 11.7 Å². The molecule has 1 aliphatic heterocycles. The van der Waals surface area contributed by atoms with Crippen molar-refractivity contribution in [1.29, 1.82) is 0 Å². The van der Waals surface area contributed by atoms with Gasteiger partial charge in [-0.3, -0.25) is 0 Å². The van der Waals surface area contributed by atoms with Crippen LogP contribution in [-0.2, 0) is 6.42 Å². The highest BCUT2D eigenvalue weighted by atomic mass is 32.2. The van der Waals surface area contributed by atoms with Crippen LogP contribution in [0.4, 0.5) is 8.78 Å². The fraction of sp³-hybridized carbons (Fsp3) is 0.500. The SMILES string of the molecule is CC1SCCC1(O)Cc1ccc(F)cc1F. The molecule has 16 heavy (non-hydrogen) atoms. The molecule has 0 bridgehead atoms. The Morgan fingerprint density at radius 3 is 2.81 bits per heavy atom. The summed E-state index contributed by atoms with van der Waals surface area (Å²) in [5.41, 5.74) is -0.471. The average Bonchev–Trinajstić information content (AvgIpc) is 2.52. The van der Waals surface area contributed by atoms with Gasteiger partial charge in [-0.25, -0.2) is 8.78 Å². The molecular weight excluding hydrogens is 230 g/mol. The van der Waals surface area contributed by atoms with Gasteiger partial charge in [0.15, 0.2) is 0 Å². The van der Waals surface area contributed by atoms with Crippen LogP contribution in [0.15, 0.2) is 18.2 Å². The van der Waals surface area contributed by atoms with Gasteiger partial charge in [-0.1, -0.05) is 13.0 Å². The first-order chi connectivity index (χ1) is 7.51. The van der Waals surface area contributed by atoms with Crippen LogP contribution in [0, 0.1) is 11.6 Å². The number of hydrogen-bond donors (Lipinski definition) is 1. The number of hydrogen-bond acceptors (Lipinski definition) is 2. The molecule has 0 saturated carbocycles. The zero-order valence-electron chi connectivity index (χ0n) is 9.04. The fourth-order valence-corrected chi connectivity index (χ4v) is 3.33. The van der Waals surface area contributed by atoms with Gasteiger partial charge in [0.25, 0.3) is 0 Å². The molecule has 1 aliphatic rings. The molecule has 0 amide bonds. The molecule has 1 heterocycles. The van der Waals surface area contributed by atoms with Gasteiger partial charge in [0, 0.05) is 17.7 Å². The molecule has 1 N–H and O–H groups in total. The smallest absolute Gasteiger partial charge is 0.129 e. The Bertz CT molecular complexity index is 397. The summed E-state index contributed by atoms with van der Waals surface area (Å²) in [5, 5.41) is 10.4. The van der Waals surface area contributed by atoms with Crippen molar-refractivity contribution in [1.82, 2.24) is 0 Å². The zero-order chi connectivity index (χ0) is 11.8. The van der Waals surface area contributed by atoms with Gasteiger partial charge < -0.3 is 5.11 Å². The van der Waals surface area contributed by atoms with Crippen molar-refractivity contribution in [2.45, 2.75) is 30.6 Å². The molecular formula is C12H14F2OS. The van der Waals surface area contributed by atoms with Crippen LogP contribution in [-0.4, -0.2) is 21.7 Å². The van der Waals surface area contributed by atoms with E-state index < -0.39 is 17.2 Å². The molecule has 1 nitrogen and oxygen atoms in total. The van der Waals surface area contributed by atoms with Crippen molar-refractivity contribution in [3.63, 3.8) is 0 Å². The average molecular weight is 244 g/mol. The molecule has 0 radical (unpaired) electrons. The molecule has 2 unspecified atom stereocenters. The molecule has 88 valence electrons. The summed E-state index contributed by atoms with van der Waals surface area (Å²) in [7, 11) is 0. The summed E-state index contributed by atoms with van der Waals surface area (Å²) >= 11 is 1.69. The molecule has 1 aromatic rings. The Hall–Kier alpha value is -0.610. The lowest BCUT2D eigenvalue weighted by molar-refractivity contribution is 0.0456. The highest BCUT2D eigenvalue weighted by molar-refractivity contribution is 8.00. The molecule has 2 rings (SSSR count). The Morgan fingerprint density at radius 1 is 1.50 bits per heavy atom. The third kappa shape index (κ3) is 2.23. The molecule has 0 aliphatic carbocycles. The topological polar surface area (TPSA) is 20.2 Å². The Labute approximate surface area is 97.9 Å². The predicted molar refractivity (Wildman–Crippen MR) is 61.5 cm³/mol. The standard InChI is InChI=1S/C12H14F2OS/c1-8-12(15,4-5-16-8)7-9-2-3-10(13)6-11(9)14/h2-3,6,8,15H,4-5,7H2,1H3. The number of halogens is 2. The van der Waals surface area contributed by atoms with Gasteiger partial charge >= 0.3 is 0 Å². The second kappa shape index (κ2) is 4.34. The lowest BCUT2D eigenvalue weighted by atomic mass is 9.89. The van der Waals surface area contributed by atoms with E-state index in [0.29, 0.717) is 12.0 Å². The number of thioether (sulfide) groups is 1. The van der Waals surface area contributed by atoms with Crippen LogP contribution in [0.3, 0.4) is 0 Å². The van der Waals surface area contributed by atoms with Gasteiger partial charge in [-0.2, -0.15) is 11.8 Å². The first-order valence-corrected chi connectivity index (χ1v) is 6.34. The summed E-state index contributed by atoms with van der Waals surface area (Å²) in [5.74, 6) is -0.264. The normalized spacial score (nSPS) is 29.6. The lowest BCUT2D eigenvalue weighted by Crippen LogP contribution is -2.37. The van der Waals surface area contributed by atoms with Gasteiger partial charge in [-0.05, 0) is 23.8 Å². The molecule has 1 fully saturated rings. The molecule has 0 aromatic heterocycles. The van der Waals surface area contributed by atoms with E-state index in [1.165, 1.54) is 12.1 Å². The third-order valence-electron chi connectivity index (χ3n) is 3.17. The van der Waals surface area contributed by atoms with E-state index >= 15 is 0 Å². The largest absolute Gasteiger partial charge is 0.388 e. The van der Waals surface area contributed by atoms with Crippen LogP contribution in [0.25, 0.3) is 0 Å². The van der Waals surface area contributed by atoms with E-state index in [1.54, 1.807) is 11.8 Å². The van der Waals surface area contributed by atoms with Gasteiger partial charge in [0.05, 0.1) is 5.60 Å². The number of aliphatic hydroxyl groups is 1. The summed E-state index contributed by atoms with van der Waals surface area (Å²) in [4.78, 5) is 0. The molecule has 1 saturated heterocycles. The maximum atomic E-state index is 13.4. The third-order valence-corrected chi connectivity index (χ3v) is 4.55. The highest BCUT2D eigenvalue weighted by Gasteiger charge is 2.39. The van der Waals surface area contributed by atoms with Crippen LogP contribution in [0.2, 0.25) is 0 Å². The Morgan fingerprint density at radius 2 is 2.25 bits per heavy atom. The van der Waals surface area contributed by atoms with E-state index in [1.807, 2.05) is 6.92 Å². The first kappa shape index (κ1) is 11.9. The predicted octanol–water partition coefficient (Wildman–Crippen LogP) is 2.76. The van der Waals surface area contributed by atoms with Crippen LogP contribution >= 0.6 is 11.8 Å². The Balaban J connectivity index is 2.20. The maximum Gasteiger partial charge on any atom is 0.129 e. The van der Waals surface area contributed by atoms with Crippen molar-refractivity contribution >= 4 is 11.8 Å². The minimum Gasteiger partial charge on any atom is -0.388 e. The zero-order valence-corrected chi connectivity index (χ0v) is 9.86. The van der Waals surface area contributed by atoms with Crippen molar-refractivity contribution < 1.29 is 13.9 Å². The van der Waals surface area contributed by atoms with Gasteiger partial charge in [0.2, 0.25) is 0 Å². The van der Waals surface area contributed by atoms with Crippen molar-refractivity contribution in [2.24, 2.45) is 0 Å². The van der Waals surface area contributed by atoms with Gasteiger partial charge in [-0.15, -0.1) is 0 Å². The van der Waals surface area contributed by atoms with Crippen LogP contribution < -0.4 is 0 Å². The van der Waals surface area contributed by atoms with E-state index in [2.05, 4.69) is 0 Å². The van der Waals surface area contributed by atoms with Crippen molar-refractivity contribution in [3.05, 3.63) is 35.4 Å². The number of benzene rings is 1. The Kier molecular flexibility index (Phi) is 3.22. The quantitative estimate of drug-likeness (QED) is 0.863. The molecule has 1 aromatic carbocycles. The van der Waals surface area contributed by atoms with Crippen LogP contribution in [0.5, 0.6) is 0 Å². The molecule has 4 heteroatoms. The minimum absolute atomic E-state index is 0.0944. The summed E-state index contributed by atoms with van der Waals surface area (Å²) in [6.07, 6.45) is 0.920. The second-order valence-corrected chi connectivity index (χ2v) is 5.73. The fourth-order valence-electron chi connectivity index (χ4n) is 2.00. The first-order valence-electron chi connectivity index (χ1n) is 5.29. The number of rotatable bonds is 2. The highest BCUT2D eigenvalue weighted by Crippen LogP contribution is 2.38. The molecule has 2 atom stereocenters. The lowest BCUT2D eigenvalue weighted by Gasteiger charge is -2.27. The monoisotopic (exact) mass is 244 g/mol. The van der Waals surface area contributed by atoms with E-state index in [9.17, 15) is 13.9 Å². The summed E-state index contributed by atoms with van der Waals surface area (Å²) in [6, 6.07) is 3.51. The minimum atomic E-state index is -0.858. The van der Waals surface area contributed by atoms with Gasteiger partial charge in [0.1, 0.15) is 11.6 Å². The second-order valence-electron chi connectivity index (χ2n) is 4.28. The van der Waals surface area contributed by atoms with Crippen molar-refractivity contribution in [3.8, 4) is 0 Å². The van der Waals surface area contributed by atoms with E-state index in [0.717, 1.165) is 11.8 Å². The summed E-state index contributed by atoms with van der Waals surface area (Å²) in [6.45, 7) is 1.94. The molecule has 0 spiro atoms. The van der Waals surface area contributed by atoms with Crippen LogP contribution in [0.1, 0.15) is 18.9 Å².